The van der Waals surface area contributed by atoms with E-state index in [1.807, 2.05) is 6.07 Å². The summed E-state index contributed by atoms with van der Waals surface area (Å²) in [5.41, 5.74) is 7.00. The van der Waals surface area contributed by atoms with Gasteiger partial charge in [0.1, 0.15) is 5.69 Å². The lowest BCUT2D eigenvalue weighted by atomic mass is 10.2. The van der Waals surface area contributed by atoms with E-state index in [9.17, 15) is 0 Å². The van der Waals surface area contributed by atoms with E-state index in [4.69, 9.17) is 16.0 Å². The van der Waals surface area contributed by atoms with E-state index in [0.29, 0.717) is 12.2 Å². The fourth-order valence-electron chi connectivity index (χ4n) is 1.82. The van der Waals surface area contributed by atoms with Crippen molar-refractivity contribution in [3.63, 3.8) is 0 Å². The fraction of sp³-hybridized carbons (Fsp3) is 0.538. The third-order valence-electron chi connectivity index (χ3n) is 2.84. The highest BCUT2D eigenvalue weighted by molar-refractivity contribution is 5.95. The van der Waals surface area contributed by atoms with Crippen LogP contribution in [0.3, 0.4) is 0 Å². The number of aliphatic hydroxyl groups is 1. The molecule has 4 N–H and O–H groups in total. The summed E-state index contributed by atoms with van der Waals surface area (Å²) < 4.78 is 0. The van der Waals surface area contributed by atoms with Crippen molar-refractivity contribution in [2.45, 2.75) is 26.3 Å². The molecule has 0 atom stereocenters. The Morgan fingerprint density at radius 2 is 2.26 bits per heavy atom. The van der Waals surface area contributed by atoms with E-state index in [1.165, 1.54) is 0 Å². The van der Waals surface area contributed by atoms with Crippen molar-refractivity contribution in [1.82, 2.24) is 9.88 Å². The lowest BCUT2D eigenvalue weighted by Gasteiger charge is -2.21. The molecule has 1 rings (SSSR count). The van der Waals surface area contributed by atoms with Gasteiger partial charge in [0.15, 0.2) is 5.84 Å². The molecule has 0 spiro atoms. The molecule has 6 heteroatoms. The minimum atomic E-state index is 0.00381. The number of nitrogens with zero attached hydrogens (tertiary/aromatic N) is 3. The normalized spacial score (nSPS) is 12.1. The molecule has 0 bridgehead atoms. The van der Waals surface area contributed by atoms with Crippen LogP contribution in [-0.4, -0.2) is 45.7 Å². The molecule has 1 aromatic rings. The van der Waals surface area contributed by atoms with Gasteiger partial charge in [0, 0.05) is 19.3 Å². The molecule has 0 aliphatic heterocycles. The summed E-state index contributed by atoms with van der Waals surface area (Å²) in [5.74, 6) is 0.00381. The van der Waals surface area contributed by atoms with Gasteiger partial charge in [-0.3, -0.25) is 9.88 Å². The molecule has 0 unspecified atom stereocenters. The second kappa shape index (κ2) is 8.44. The van der Waals surface area contributed by atoms with Crippen LogP contribution in [0.25, 0.3) is 0 Å². The summed E-state index contributed by atoms with van der Waals surface area (Å²) in [6.07, 6.45) is 3.85. The number of aromatic nitrogens is 1. The molecule has 0 amide bonds. The maximum Gasteiger partial charge on any atom is 0.188 e. The van der Waals surface area contributed by atoms with Gasteiger partial charge in [0.2, 0.25) is 0 Å². The number of aliphatic hydroxyl groups excluding tert-OH is 1. The molecule has 1 heterocycles. The van der Waals surface area contributed by atoms with Gasteiger partial charge >= 0.3 is 0 Å². The van der Waals surface area contributed by atoms with E-state index < -0.39 is 0 Å². The molecule has 0 aliphatic carbocycles. The first kappa shape index (κ1) is 15.4. The number of nitrogens with two attached hydrogens (primary N) is 1. The van der Waals surface area contributed by atoms with Gasteiger partial charge < -0.3 is 16.0 Å². The first-order chi connectivity index (χ1) is 9.21. The zero-order valence-corrected chi connectivity index (χ0v) is 11.3. The van der Waals surface area contributed by atoms with Gasteiger partial charge in [-0.05, 0) is 30.7 Å². The van der Waals surface area contributed by atoms with Crippen LogP contribution in [-0.2, 0) is 6.54 Å². The average Bonchev–Trinajstić information content (AvgIpc) is 2.44. The standard InChI is InChI=1S/C13H22N4O2/c1-2-3-6-17(7-8-18)10-11-4-5-15-12(9-11)13(14)16-19/h4-5,9,18-19H,2-3,6-8,10H2,1H3,(H2,14,16). The third kappa shape index (κ3) is 5.23. The lowest BCUT2D eigenvalue weighted by Crippen LogP contribution is -2.27. The van der Waals surface area contributed by atoms with Crippen molar-refractivity contribution in [2.24, 2.45) is 10.9 Å². The topological polar surface area (TPSA) is 95.0 Å². The molecule has 0 saturated carbocycles. The van der Waals surface area contributed by atoms with Gasteiger partial charge in [-0.1, -0.05) is 18.5 Å². The predicted octanol–water partition coefficient (Wildman–Crippen LogP) is 0.771. The zero-order valence-electron chi connectivity index (χ0n) is 11.3. The molecule has 106 valence electrons. The van der Waals surface area contributed by atoms with E-state index in [0.717, 1.165) is 31.5 Å². The van der Waals surface area contributed by atoms with Crippen LogP contribution in [0.5, 0.6) is 0 Å². The SMILES string of the molecule is CCCCN(CCO)Cc1ccnc(C(N)=NO)c1. The van der Waals surface area contributed by atoms with Crippen molar-refractivity contribution in [3.05, 3.63) is 29.6 Å². The Kier molecular flexibility index (Phi) is 6.84. The Hall–Kier alpha value is -1.66. The van der Waals surface area contributed by atoms with Crippen molar-refractivity contribution >= 4 is 5.84 Å². The predicted molar refractivity (Wildman–Crippen MR) is 74.0 cm³/mol. The highest BCUT2D eigenvalue weighted by Crippen LogP contribution is 2.07. The Labute approximate surface area is 113 Å². The number of pyridine rings is 1. The molecule has 1 aromatic heterocycles. The van der Waals surface area contributed by atoms with Crippen molar-refractivity contribution in [2.75, 3.05) is 19.7 Å². The summed E-state index contributed by atoms with van der Waals surface area (Å²) in [4.78, 5) is 6.22. The lowest BCUT2D eigenvalue weighted by molar-refractivity contribution is 0.188. The third-order valence-corrected chi connectivity index (χ3v) is 2.84. The Morgan fingerprint density at radius 1 is 1.47 bits per heavy atom. The number of amidine groups is 1. The van der Waals surface area contributed by atoms with E-state index in [1.54, 1.807) is 12.3 Å². The van der Waals surface area contributed by atoms with Crippen LogP contribution in [0, 0.1) is 0 Å². The molecule has 0 aromatic carbocycles. The molecule has 0 aliphatic rings. The second-order valence-electron chi connectivity index (χ2n) is 4.39. The summed E-state index contributed by atoms with van der Waals surface area (Å²) >= 11 is 0. The largest absolute Gasteiger partial charge is 0.409 e. The summed E-state index contributed by atoms with van der Waals surface area (Å²) in [5, 5.41) is 20.7. The van der Waals surface area contributed by atoms with Crippen molar-refractivity contribution in [3.8, 4) is 0 Å². The molecule has 6 nitrogen and oxygen atoms in total. The zero-order chi connectivity index (χ0) is 14.1. The first-order valence-electron chi connectivity index (χ1n) is 6.47. The molecule has 0 saturated heterocycles. The maximum absolute atomic E-state index is 9.07. The number of rotatable bonds is 8. The summed E-state index contributed by atoms with van der Waals surface area (Å²) in [6.45, 7) is 4.58. The molecule has 0 fully saturated rings. The van der Waals surface area contributed by atoms with E-state index >= 15 is 0 Å². The number of oxime groups is 1. The van der Waals surface area contributed by atoms with Gasteiger partial charge in [0.25, 0.3) is 0 Å². The molecule has 0 radical (unpaired) electrons. The van der Waals surface area contributed by atoms with Crippen LogP contribution in [0.15, 0.2) is 23.5 Å². The minimum Gasteiger partial charge on any atom is -0.409 e. The number of hydrogen-bond donors (Lipinski definition) is 3. The quantitative estimate of drug-likeness (QED) is 0.279. The summed E-state index contributed by atoms with van der Waals surface area (Å²) in [7, 11) is 0. The van der Waals surface area contributed by atoms with Crippen LogP contribution in [0.1, 0.15) is 31.0 Å². The van der Waals surface area contributed by atoms with Gasteiger partial charge in [-0.2, -0.15) is 0 Å². The Bertz CT molecular complexity index is 409. The number of hydrogen-bond acceptors (Lipinski definition) is 5. The van der Waals surface area contributed by atoms with Crippen molar-refractivity contribution < 1.29 is 10.3 Å². The van der Waals surface area contributed by atoms with Crippen LogP contribution in [0.4, 0.5) is 0 Å². The first-order valence-corrected chi connectivity index (χ1v) is 6.47. The van der Waals surface area contributed by atoms with Crippen LogP contribution in [0.2, 0.25) is 0 Å². The second-order valence-corrected chi connectivity index (χ2v) is 4.39. The van der Waals surface area contributed by atoms with Crippen molar-refractivity contribution in [1.29, 1.82) is 0 Å². The van der Waals surface area contributed by atoms with Gasteiger partial charge in [-0.25, -0.2) is 0 Å². The minimum absolute atomic E-state index is 0.00381. The molecular formula is C13H22N4O2. The Balaban J connectivity index is 2.72. The van der Waals surface area contributed by atoms with Crippen LogP contribution < -0.4 is 5.73 Å². The smallest absolute Gasteiger partial charge is 0.188 e. The molecule has 19 heavy (non-hydrogen) atoms. The number of unbranched alkanes of at least 4 members (excludes halogenated alkanes) is 1. The average molecular weight is 266 g/mol. The highest BCUT2D eigenvalue weighted by atomic mass is 16.4. The van der Waals surface area contributed by atoms with Gasteiger partial charge in [-0.15, -0.1) is 0 Å². The van der Waals surface area contributed by atoms with E-state index in [-0.39, 0.29) is 12.4 Å². The summed E-state index contributed by atoms with van der Waals surface area (Å²) in [6, 6.07) is 3.69. The molecular weight excluding hydrogens is 244 g/mol. The van der Waals surface area contributed by atoms with Gasteiger partial charge in [0.05, 0.1) is 6.61 Å². The highest BCUT2D eigenvalue weighted by Gasteiger charge is 2.07. The van der Waals surface area contributed by atoms with E-state index in [2.05, 4.69) is 22.0 Å². The maximum atomic E-state index is 9.07. The Morgan fingerprint density at radius 3 is 2.89 bits per heavy atom. The van der Waals surface area contributed by atoms with Crippen LogP contribution >= 0.6 is 0 Å². The fourth-order valence-corrected chi connectivity index (χ4v) is 1.82. The monoisotopic (exact) mass is 266 g/mol.